The van der Waals surface area contributed by atoms with E-state index in [1.165, 1.54) is 25.7 Å². The molecule has 3 nitrogen and oxygen atoms in total. The Morgan fingerprint density at radius 1 is 1.30 bits per heavy atom. The lowest BCUT2D eigenvalue weighted by atomic mass is 10.1. The maximum absolute atomic E-state index is 12.7. The molecule has 20 heavy (non-hydrogen) atoms. The molecular formula is C17H23NO2. The third kappa shape index (κ3) is 2.82. The Hall–Kier alpha value is -1.51. The molecule has 2 saturated carbocycles. The molecule has 3 heteroatoms. The molecule has 2 aliphatic carbocycles. The van der Waals surface area contributed by atoms with E-state index < -0.39 is 0 Å². The highest BCUT2D eigenvalue weighted by atomic mass is 16.5. The van der Waals surface area contributed by atoms with E-state index in [4.69, 9.17) is 4.74 Å². The Morgan fingerprint density at radius 2 is 2.00 bits per heavy atom. The molecule has 1 unspecified atom stereocenters. The van der Waals surface area contributed by atoms with Crippen molar-refractivity contribution < 1.29 is 9.53 Å². The van der Waals surface area contributed by atoms with Crippen molar-refractivity contribution in [2.45, 2.75) is 51.1 Å². The molecule has 1 aromatic rings. The second-order valence-corrected chi connectivity index (χ2v) is 6.10. The summed E-state index contributed by atoms with van der Waals surface area (Å²) in [7, 11) is 1.66. The average molecular weight is 273 g/mol. The standard InChI is InChI=1S/C17H23NO2/c1-12(13-7-8-13)18(15-9-10-15)17(19)11-14-5-3-4-6-16(14)20-2/h3-6,12-13,15H,7-11H2,1-2H3. The van der Waals surface area contributed by atoms with Gasteiger partial charge < -0.3 is 9.64 Å². The van der Waals surface area contributed by atoms with Gasteiger partial charge in [-0.05, 0) is 44.6 Å². The highest BCUT2D eigenvalue weighted by Crippen LogP contribution is 2.40. The van der Waals surface area contributed by atoms with Crippen molar-refractivity contribution >= 4 is 5.91 Å². The van der Waals surface area contributed by atoms with Crippen LogP contribution < -0.4 is 4.74 Å². The van der Waals surface area contributed by atoms with Crippen molar-refractivity contribution in [1.29, 1.82) is 0 Å². The number of hydrogen-bond donors (Lipinski definition) is 0. The average Bonchev–Trinajstić information content (AvgIpc) is 3.31. The summed E-state index contributed by atoms with van der Waals surface area (Å²) in [5.74, 6) is 1.81. The summed E-state index contributed by atoms with van der Waals surface area (Å²) in [5, 5.41) is 0. The Kier molecular flexibility index (Phi) is 3.68. The normalized spacial score (nSPS) is 19.5. The van der Waals surface area contributed by atoms with Crippen molar-refractivity contribution in [3.63, 3.8) is 0 Å². The lowest BCUT2D eigenvalue weighted by Gasteiger charge is -2.30. The van der Waals surface area contributed by atoms with Gasteiger partial charge in [-0.25, -0.2) is 0 Å². The van der Waals surface area contributed by atoms with Crippen LogP contribution in [0.1, 0.15) is 38.2 Å². The molecule has 0 N–H and O–H groups in total. The summed E-state index contributed by atoms with van der Waals surface area (Å²) < 4.78 is 5.35. The SMILES string of the molecule is COc1ccccc1CC(=O)N(C1CC1)C(C)C1CC1. The van der Waals surface area contributed by atoms with Gasteiger partial charge in [0.05, 0.1) is 13.5 Å². The molecule has 2 fully saturated rings. The quantitative estimate of drug-likeness (QED) is 0.797. The Labute approximate surface area is 120 Å². The summed E-state index contributed by atoms with van der Waals surface area (Å²) in [6, 6.07) is 8.73. The van der Waals surface area contributed by atoms with E-state index in [0.29, 0.717) is 18.5 Å². The van der Waals surface area contributed by atoms with Crippen molar-refractivity contribution in [3.8, 4) is 5.75 Å². The van der Waals surface area contributed by atoms with Crippen LogP contribution in [0.15, 0.2) is 24.3 Å². The van der Waals surface area contributed by atoms with Gasteiger partial charge in [0.1, 0.15) is 5.75 Å². The molecule has 0 bridgehead atoms. The number of nitrogens with zero attached hydrogens (tertiary/aromatic N) is 1. The van der Waals surface area contributed by atoms with Gasteiger partial charge in [0, 0.05) is 17.6 Å². The zero-order valence-corrected chi connectivity index (χ0v) is 12.3. The highest BCUT2D eigenvalue weighted by Gasteiger charge is 2.41. The molecule has 0 radical (unpaired) electrons. The fourth-order valence-corrected chi connectivity index (χ4v) is 3.02. The molecule has 0 saturated heterocycles. The van der Waals surface area contributed by atoms with Gasteiger partial charge in [0.2, 0.25) is 5.91 Å². The van der Waals surface area contributed by atoms with Crippen LogP contribution in [0.4, 0.5) is 0 Å². The molecule has 108 valence electrons. The molecule has 3 rings (SSSR count). The first kappa shape index (κ1) is 13.5. The summed E-state index contributed by atoms with van der Waals surface area (Å²) >= 11 is 0. The first-order valence-electron chi connectivity index (χ1n) is 7.63. The molecule has 2 aliphatic rings. The number of carbonyl (C=O) groups excluding carboxylic acids is 1. The van der Waals surface area contributed by atoms with E-state index >= 15 is 0 Å². The molecule has 0 aliphatic heterocycles. The summed E-state index contributed by atoms with van der Waals surface area (Å²) in [5.41, 5.74) is 0.994. The van der Waals surface area contributed by atoms with E-state index in [-0.39, 0.29) is 5.91 Å². The van der Waals surface area contributed by atoms with Gasteiger partial charge in [-0.15, -0.1) is 0 Å². The van der Waals surface area contributed by atoms with E-state index in [0.717, 1.165) is 17.2 Å². The summed E-state index contributed by atoms with van der Waals surface area (Å²) in [6.45, 7) is 2.22. The molecule has 1 atom stereocenters. The zero-order valence-electron chi connectivity index (χ0n) is 12.3. The van der Waals surface area contributed by atoms with E-state index in [1.54, 1.807) is 7.11 Å². The molecular weight excluding hydrogens is 250 g/mol. The van der Waals surface area contributed by atoms with E-state index in [2.05, 4.69) is 11.8 Å². The van der Waals surface area contributed by atoms with Crippen LogP contribution in [-0.2, 0) is 11.2 Å². The molecule has 1 amide bonds. The summed E-state index contributed by atoms with van der Waals surface area (Å²) in [4.78, 5) is 14.9. The number of rotatable bonds is 6. The van der Waals surface area contributed by atoms with Crippen LogP contribution in [0, 0.1) is 5.92 Å². The monoisotopic (exact) mass is 273 g/mol. The summed E-state index contributed by atoms with van der Waals surface area (Å²) in [6.07, 6.45) is 5.37. The Bertz CT molecular complexity index is 492. The predicted molar refractivity (Wildman–Crippen MR) is 78.8 cm³/mol. The number of para-hydroxylation sites is 1. The van der Waals surface area contributed by atoms with Gasteiger partial charge in [-0.1, -0.05) is 18.2 Å². The van der Waals surface area contributed by atoms with Crippen LogP contribution in [0.2, 0.25) is 0 Å². The molecule has 0 heterocycles. The highest BCUT2D eigenvalue weighted by molar-refractivity contribution is 5.80. The number of hydrogen-bond acceptors (Lipinski definition) is 2. The van der Waals surface area contributed by atoms with Crippen molar-refractivity contribution in [2.24, 2.45) is 5.92 Å². The minimum absolute atomic E-state index is 0.261. The third-order valence-corrected chi connectivity index (χ3v) is 4.51. The second kappa shape index (κ2) is 5.47. The second-order valence-electron chi connectivity index (χ2n) is 6.10. The van der Waals surface area contributed by atoms with Gasteiger partial charge in [0.25, 0.3) is 0 Å². The van der Waals surface area contributed by atoms with Crippen LogP contribution in [0.3, 0.4) is 0 Å². The fourth-order valence-electron chi connectivity index (χ4n) is 3.02. The molecule has 0 spiro atoms. The lowest BCUT2D eigenvalue weighted by Crippen LogP contribution is -2.42. The third-order valence-electron chi connectivity index (χ3n) is 4.51. The fraction of sp³-hybridized carbons (Fsp3) is 0.588. The van der Waals surface area contributed by atoms with Crippen molar-refractivity contribution in [2.75, 3.05) is 7.11 Å². The van der Waals surface area contributed by atoms with Crippen molar-refractivity contribution in [3.05, 3.63) is 29.8 Å². The maximum Gasteiger partial charge on any atom is 0.227 e. The van der Waals surface area contributed by atoms with Crippen LogP contribution in [-0.4, -0.2) is 30.0 Å². The van der Waals surface area contributed by atoms with Gasteiger partial charge in [0.15, 0.2) is 0 Å². The number of methoxy groups -OCH3 is 1. The van der Waals surface area contributed by atoms with Gasteiger partial charge in [-0.3, -0.25) is 4.79 Å². The van der Waals surface area contributed by atoms with Crippen LogP contribution >= 0.6 is 0 Å². The largest absolute Gasteiger partial charge is 0.496 e. The Balaban J connectivity index is 1.73. The smallest absolute Gasteiger partial charge is 0.227 e. The molecule has 1 aromatic carbocycles. The maximum atomic E-state index is 12.7. The zero-order chi connectivity index (χ0) is 14.1. The van der Waals surface area contributed by atoms with Crippen LogP contribution in [0.25, 0.3) is 0 Å². The van der Waals surface area contributed by atoms with E-state index in [9.17, 15) is 4.79 Å². The lowest BCUT2D eigenvalue weighted by molar-refractivity contribution is -0.133. The van der Waals surface area contributed by atoms with Crippen molar-refractivity contribution in [1.82, 2.24) is 4.90 Å². The first-order chi connectivity index (χ1) is 9.70. The van der Waals surface area contributed by atoms with E-state index in [1.807, 2.05) is 24.3 Å². The first-order valence-corrected chi connectivity index (χ1v) is 7.63. The van der Waals surface area contributed by atoms with Gasteiger partial charge >= 0.3 is 0 Å². The predicted octanol–water partition coefficient (Wildman–Crippen LogP) is 3.03. The minimum atomic E-state index is 0.261. The van der Waals surface area contributed by atoms with Gasteiger partial charge in [-0.2, -0.15) is 0 Å². The minimum Gasteiger partial charge on any atom is -0.496 e. The number of benzene rings is 1. The number of ether oxygens (including phenoxy) is 1. The molecule has 0 aromatic heterocycles. The number of amides is 1. The topological polar surface area (TPSA) is 29.5 Å². The van der Waals surface area contributed by atoms with Crippen LogP contribution in [0.5, 0.6) is 5.75 Å². The number of carbonyl (C=O) groups is 1. The Morgan fingerprint density at radius 3 is 2.60 bits per heavy atom.